The summed E-state index contributed by atoms with van der Waals surface area (Å²) in [4.78, 5) is 11.9. The Morgan fingerprint density at radius 1 is 1.27 bits per heavy atom. The lowest BCUT2D eigenvalue weighted by molar-refractivity contribution is -0.117. The molecule has 124 valence electrons. The van der Waals surface area contributed by atoms with Crippen molar-refractivity contribution in [2.45, 2.75) is 38.8 Å². The number of ether oxygens (including phenoxy) is 1. The summed E-state index contributed by atoms with van der Waals surface area (Å²) >= 11 is 0. The first-order chi connectivity index (χ1) is 9.96. The molecule has 0 aliphatic heterocycles. The molecule has 1 aromatic carbocycles. The van der Waals surface area contributed by atoms with Crippen molar-refractivity contribution in [2.75, 3.05) is 17.3 Å². The van der Waals surface area contributed by atoms with Crippen molar-refractivity contribution in [3.63, 3.8) is 0 Å². The summed E-state index contributed by atoms with van der Waals surface area (Å²) in [5.41, 5.74) is 5.98. The Balaban J connectivity index is 2.57. The van der Waals surface area contributed by atoms with Crippen molar-refractivity contribution in [1.82, 2.24) is 0 Å². The first-order valence-corrected chi connectivity index (χ1v) is 9.05. The van der Waals surface area contributed by atoms with Gasteiger partial charge in [-0.15, -0.1) is 0 Å². The van der Waals surface area contributed by atoms with Gasteiger partial charge >= 0.3 is 0 Å². The zero-order chi connectivity index (χ0) is 17.0. The molecule has 1 atom stereocenters. The lowest BCUT2D eigenvalue weighted by Crippen LogP contribution is -2.37. The Kier molecular flexibility index (Phi) is 5.96. The minimum absolute atomic E-state index is 0.0931. The lowest BCUT2D eigenvalue weighted by atomic mass is 10.2. The van der Waals surface area contributed by atoms with E-state index in [1.54, 1.807) is 24.3 Å². The molecule has 3 N–H and O–H groups in total. The SMILES string of the molecule is CC(C)(C)Oc1ccc(NC(=O)C(N)CCS(C)(=O)=O)cc1. The summed E-state index contributed by atoms with van der Waals surface area (Å²) in [7, 11) is -3.13. The molecule has 1 rings (SSSR count). The van der Waals surface area contributed by atoms with Gasteiger partial charge in [-0.2, -0.15) is 0 Å². The smallest absolute Gasteiger partial charge is 0.241 e. The minimum Gasteiger partial charge on any atom is -0.488 e. The molecular weight excluding hydrogens is 304 g/mol. The molecular formula is C15H24N2O4S. The maximum atomic E-state index is 11.9. The van der Waals surface area contributed by atoms with E-state index in [0.717, 1.165) is 6.26 Å². The maximum absolute atomic E-state index is 11.9. The Hall–Kier alpha value is -1.60. The minimum atomic E-state index is -3.13. The number of hydrogen-bond donors (Lipinski definition) is 2. The van der Waals surface area contributed by atoms with Crippen LogP contribution in [0.4, 0.5) is 5.69 Å². The van der Waals surface area contributed by atoms with Gasteiger partial charge in [0.05, 0.1) is 11.8 Å². The Morgan fingerprint density at radius 3 is 2.27 bits per heavy atom. The third kappa shape index (κ3) is 7.42. The van der Waals surface area contributed by atoms with Crippen LogP contribution in [0.25, 0.3) is 0 Å². The summed E-state index contributed by atoms with van der Waals surface area (Å²) in [5, 5.41) is 2.65. The molecule has 7 heteroatoms. The molecule has 1 unspecified atom stereocenters. The van der Waals surface area contributed by atoms with E-state index in [1.165, 1.54) is 0 Å². The van der Waals surface area contributed by atoms with Gasteiger partial charge in [0.25, 0.3) is 0 Å². The second-order valence-electron chi connectivity index (χ2n) is 6.25. The van der Waals surface area contributed by atoms with Crippen LogP contribution >= 0.6 is 0 Å². The zero-order valence-corrected chi connectivity index (χ0v) is 14.2. The first-order valence-electron chi connectivity index (χ1n) is 6.99. The van der Waals surface area contributed by atoms with Crippen LogP contribution in [-0.2, 0) is 14.6 Å². The van der Waals surface area contributed by atoms with Crippen LogP contribution in [0, 0.1) is 0 Å². The quantitative estimate of drug-likeness (QED) is 0.826. The fourth-order valence-corrected chi connectivity index (χ4v) is 2.35. The number of hydrogen-bond acceptors (Lipinski definition) is 5. The van der Waals surface area contributed by atoms with Crippen LogP contribution in [0.15, 0.2) is 24.3 Å². The third-order valence-corrected chi connectivity index (χ3v) is 3.66. The van der Waals surface area contributed by atoms with Gasteiger partial charge in [0.1, 0.15) is 21.2 Å². The molecule has 0 heterocycles. The molecule has 0 aliphatic rings. The van der Waals surface area contributed by atoms with Crippen LogP contribution in [-0.4, -0.2) is 38.0 Å². The Bertz CT molecular complexity index is 603. The predicted octanol–water partition coefficient (Wildman–Crippen LogP) is 1.56. The van der Waals surface area contributed by atoms with Gasteiger partial charge in [0.15, 0.2) is 0 Å². The third-order valence-electron chi connectivity index (χ3n) is 2.68. The highest BCUT2D eigenvalue weighted by molar-refractivity contribution is 7.90. The molecule has 0 saturated heterocycles. The van der Waals surface area contributed by atoms with E-state index in [4.69, 9.17) is 10.5 Å². The average Bonchev–Trinajstić information content (AvgIpc) is 2.35. The fourth-order valence-electron chi connectivity index (χ4n) is 1.67. The number of nitrogens with two attached hydrogens (primary N) is 1. The molecule has 0 spiro atoms. The summed E-state index contributed by atoms with van der Waals surface area (Å²) < 4.78 is 27.8. The maximum Gasteiger partial charge on any atom is 0.241 e. The van der Waals surface area contributed by atoms with Crippen LogP contribution in [0.3, 0.4) is 0 Å². The van der Waals surface area contributed by atoms with Gasteiger partial charge < -0.3 is 15.8 Å². The molecule has 0 aromatic heterocycles. The van der Waals surface area contributed by atoms with E-state index >= 15 is 0 Å². The number of amides is 1. The van der Waals surface area contributed by atoms with Gasteiger partial charge in [-0.1, -0.05) is 0 Å². The standard InChI is InChI=1S/C15H24N2O4S/c1-15(2,3)21-12-7-5-11(6-8-12)17-14(18)13(16)9-10-22(4,19)20/h5-8,13H,9-10,16H2,1-4H3,(H,17,18). The zero-order valence-electron chi connectivity index (χ0n) is 13.4. The molecule has 0 saturated carbocycles. The van der Waals surface area contributed by atoms with E-state index < -0.39 is 21.8 Å². The molecule has 0 bridgehead atoms. The fraction of sp³-hybridized carbons (Fsp3) is 0.533. The van der Waals surface area contributed by atoms with E-state index in [1.807, 2.05) is 20.8 Å². The Morgan fingerprint density at radius 2 is 1.82 bits per heavy atom. The largest absolute Gasteiger partial charge is 0.488 e. The average molecular weight is 328 g/mol. The van der Waals surface area contributed by atoms with E-state index in [2.05, 4.69) is 5.32 Å². The summed E-state index contributed by atoms with van der Waals surface area (Å²) in [6.07, 6.45) is 1.21. The molecule has 1 amide bonds. The number of benzene rings is 1. The van der Waals surface area contributed by atoms with Crippen molar-refractivity contribution >= 4 is 21.4 Å². The molecule has 0 aliphatic carbocycles. The second kappa shape index (κ2) is 7.11. The highest BCUT2D eigenvalue weighted by Gasteiger charge is 2.16. The number of carbonyl (C=O) groups is 1. The molecule has 22 heavy (non-hydrogen) atoms. The van der Waals surface area contributed by atoms with Gasteiger partial charge in [0, 0.05) is 11.9 Å². The topological polar surface area (TPSA) is 98.5 Å². The van der Waals surface area contributed by atoms with E-state index in [-0.39, 0.29) is 17.8 Å². The predicted molar refractivity (Wildman–Crippen MR) is 87.8 cm³/mol. The van der Waals surface area contributed by atoms with Gasteiger partial charge in [-0.05, 0) is 51.5 Å². The normalized spacial score (nSPS) is 13.5. The van der Waals surface area contributed by atoms with Crippen LogP contribution in [0.5, 0.6) is 5.75 Å². The summed E-state index contributed by atoms with van der Waals surface area (Å²) in [6, 6.07) is 6.07. The monoisotopic (exact) mass is 328 g/mol. The molecule has 6 nitrogen and oxygen atoms in total. The highest BCUT2D eigenvalue weighted by Crippen LogP contribution is 2.20. The molecule has 0 radical (unpaired) electrons. The number of anilines is 1. The second-order valence-corrected chi connectivity index (χ2v) is 8.51. The number of sulfone groups is 1. The lowest BCUT2D eigenvalue weighted by Gasteiger charge is -2.21. The van der Waals surface area contributed by atoms with Crippen LogP contribution < -0.4 is 15.8 Å². The number of rotatable bonds is 6. The first kappa shape index (κ1) is 18.4. The van der Waals surface area contributed by atoms with Gasteiger partial charge in [-0.25, -0.2) is 8.42 Å². The number of carbonyl (C=O) groups excluding carboxylic acids is 1. The van der Waals surface area contributed by atoms with Crippen molar-refractivity contribution in [1.29, 1.82) is 0 Å². The van der Waals surface area contributed by atoms with Crippen LogP contribution in [0.2, 0.25) is 0 Å². The van der Waals surface area contributed by atoms with Gasteiger partial charge in [-0.3, -0.25) is 4.79 Å². The molecule has 0 fully saturated rings. The Labute approximate surface area is 132 Å². The van der Waals surface area contributed by atoms with Crippen molar-refractivity contribution < 1.29 is 17.9 Å². The summed E-state index contributed by atoms with van der Waals surface area (Å²) in [6.45, 7) is 5.84. The van der Waals surface area contributed by atoms with Crippen LogP contribution in [0.1, 0.15) is 27.2 Å². The van der Waals surface area contributed by atoms with Crippen molar-refractivity contribution in [3.05, 3.63) is 24.3 Å². The van der Waals surface area contributed by atoms with E-state index in [0.29, 0.717) is 11.4 Å². The highest BCUT2D eigenvalue weighted by atomic mass is 32.2. The summed E-state index contributed by atoms with van der Waals surface area (Å²) in [5.74, 6) is 0.181. The van der Waals surface area contributed by atoms with Crippen molar-refractivity contribution in [3.8, 4) is 5.75 Å². The van der Waals surface area contributed by atoms with E-state index in [9.17, 15) is 13.2 Å². The van der Waals surface area contributed by atoms with Gasteiger partial charge in [0.2, 0.25) is 5.91 Å². The molecule has 1 aromatic rings. The number of nitrogens with one attached hydrogen (secondary N) is 1. The van der Waals surface area contributed by atoms with Crippen molar-refractivity contribution in [2.24, 2.45) is 5.73 Å².